The Hall–Kier alpha value is -1.75. The summed E-state index contributed by atoms with van der Waals surface area (Å²) in [5.41, 5.74) is 1.91. The molecule has 110 valence electrons. The van der Waals surface area contributed by atoms with E-state index in [0.717, 1.165) is 29.2 Å². The lowest BCUT2D eigenvalue weighted by Gasteiger charge is -2.28. The van der Waals surface area contributed by atoms with Gasteiger partial charge in [-0.3, -0.25) is 0 Å². The van der Waals surface area contributed by atoms with Crippen LogP contribution in [0.4, 0.5) is 10.1 Å². The third-order valence-electron chi connectivity index (χ3n) is 3.52. The Kier molecular flexibility index (Phi) is 4.01. The lowest BCUT2D eigenvalue weighted by Crippen LogP contribution is -2.20. The SMILES string of the molecule is COc1ccc2c(c1)C(Nc1ccc(F)cc1Br)CCO2. The van der Waals surface area contributed by atoms with Crippen molar-refractivity contribution in [2.75, 3.05) is 19.0 Å². The van der Waals surface area contributed by atoms with E-state index in [0.29, 0.717) is 11.1 Å². The van der Waals surface area contributed by atoms with Crippen LogP contribution in [0.5, 0.6) is 11.5 Å². The second-order valence-corrected chi connectivity index (χ2v) is 5.72. The molecule has 0 saturated heterocycles. The van der Waals surface area contributed by atoms with E-state index in [4.69, 9.17) is 9.47 Å². The molecule has 5 heteroatoms. The molecule has 1 atom stereocenters. The summed E-state index contributed by atoms with van der Waals surface area (Å²) in [5.74, 6) is 1.39. The Morgan fingerprint density at radius 1 is 1.29 bits per heavy atom. The molecule has 3 rings (SSSR count). The van der Waals surface area contributed by atoms with Crippen molar-refractivity contribution in [2.45, 2.75) is 12.5 Å². The number of methoxy groups -OCH3 is 1. The van der Waals surface area contributed by atoms with E-state index in [-0.39, 0.29) is 11.9 Å². The first-order valence-electron chi connectivity index (χ1n) is 6.69. The summed E-state index contributed by atoms with van der Waals surface area (Å²) >= 11 is 3.38. The fourth-order valence-electron chi connectivity index (χ4n) is 2.44. The van der Waals surface area contributed by atoms with E-state index in [9.17, 15) is 4.39 Å². The summed E-state index contributed by atoms with van der Waals surface area (Å²) in [5, 5.41) is 3.43. The van der Waals surface area contributed by atoms with Crippen LogP contribution in [0.3, 0.4) is 0 Å². The van der Waals surface area contributed by atoms with Crippen LogP contribution in [-0.2, 0) is 0 Å². The minimum atomic E-state index is -0.263. The molecule has 21 heavy (non-hydrogen) atoms. The highest BCUT2D eigenvalue weighted by atomic mass is 79.9. The van der Waals surface area contributed by atoms with Crippen molar-refractivity contribution in [3.05, 3.63) is 52.3 Å². The average molecular weight is 352 g/mol. The lowest BCUT2D eigenvalue weighted by atomic mass is 10.00. The predicted molar refractivity (Wildman–Crippen MR) is 83.6 cm³/mol. The Morgan fingerprint density at radius 3 is 2.90 bits per heavy atom. The van der Waals surface area contributed by atoms with Crippen LogP contribution >= 0.6 is 15.9 Å². The predicted octanol–water partition coefficient (Wildman–Crippen LogP) is 4.53. The number of anilines is 1. The standard InChI is InChI=1S/C16H15BrFNO2/c1-20-11-3-5-16-12(9-11)14(6-7-21-16)19-15-4-2-10(18)8-13(15)17/h2-5,8-9,14,19H,6-7H2,1H3. The van der Waals surface area contributed by atoms with Gasteiger partial charge in [-0.1, -0.05) is 0 Å². The number of hydrogen-bond donors (Lipinski definition) is 1. The summed E-state index contributed by atoms with van der Waals surface area (Å²) in [6.45, 7) is 0.649. The first-order chi connectivity index (χ1) is 10.2. The number of nitrogens with one attached hydrogen (secondary N) is 1. The van der Waals surface area contributed by atoms with E-state index in [1.165, 1.54) is 12.1 Å². The molecule has 1 unspecified atom stereocenters. The molecule has 1 heterocycles. The Labute approximate surface area is 131 Å². The van der Waals surface area contributed by atoms with Crippen LogP contribution in [0.2, 0.25) is 0 Å². The van der Waals surface area contributed by atoms with Gasteiger partial charge in [-0.2, -0.15) is 0 Å². The second-order valence-electron chi connectivity index (χ2n) is 4.86. The van der Waals surface area contributed by atoms with E-state index < -0.39 is 0 Å². The molecule has 0 spiro atoms. The van der Waals surface area contributed by atoms with Gasteiger partial charge < -0.3 is 14.8 Å². The first kappa shape index (κ1) is 14.2. The Morgan fingerprint density at radius 2 is 2.14 bits per heavy atom. The Bertz CT molecular complexity index is 663. The molecule has 2 aromatic rings. The molecule has 1 aliphatic rings. The molecule has 0 aromatic heterocycles. The van der Waals surface area contributed by atoms with Gasteiger partial charge in [0.25, 0.3) is 0 Å². The minimum Gasteiger partial charge on any atom is -0.497 e. The summed E-state index contributed by atoms with van der Waals surface area (Å²) < 4.78 is 24.8. The second kappa shape index (κ2) is 5.93. The maximum atomic E-state index is 13.2. The summed E-state index contributed by atoms with van der Waals surface area (Å²) in [6.07, 6.45) is 0.837. The summed E-state index contributed by atoms with van der Waals surface area (Å²) in [7, 11) is 1.64. The number of benzene rings is 2. The maximum Gasteiger partial charge on any atom is 0.124 e. The molecule has 0 amide bonds. The fraction of sp³-hybridized carbons (Fsp3) is 0.250. The first-order valence-corrected chi connectivity index (χ1v) is 7.49. The molecule has 0 aliphatic carbocycles. The third kappa shape index (κ3) is 2.97. The number of hydrogen-bond acceptors (Lipinski definition) is 3. The van der Waals surface area contributed by atoms with Gasteiger partial charge in [-0.25, -0.2) is 4.39 Å². The number of fused-ring (bicyclic) bond motifs is 1. The van der Waals surface area contributed by atoms with Gasteiger partial charge in [0.2, 0.25) is 0 Å². The van der Waals surface area contributed by atoms with E-state index in [1.54, 1.807) is 13.2 Å². The molecular formula is C16H15BrFNO2. The lowest BCUT2D eigenvalue weighted by molar-refractivity contribution is 0.273. The smallest absolute Gasteiger partial charge is 0.124 e. The van der Waals surface area contributed by atoms with Crippen LogP contribution in [0.1, 0.15) is 18.0 Å². The third-order valence-corrected chi connectivity index (χ3v) is 4.17. The molecule has 1 N–H and O–H groups in total. The maximum absolute atomic E-state index is 13.2. The normalized spacial score (nSPS) is 16.8. The largest absolute Gasteiger partial charge is 0.497 e. The van der Waals surface area contributed by atoms with Gasteiger partial charge in [-0.05, 0) is 52.3 Å². The van der Waals surface area contributed by atoms with Gasteiger partial charge in [0.05, 0.1) is 19.8 Å². The zero-order valence-corrected chi connectivity index (χ0v) is 13.1. The average Bonchev–Trinajstić information content (AvgIpc) is 2.50. The van der Waals surface area contributed by atoms with Gasteiger partial charge in [0, 0.05) is 22.1 Å². The minimum absolute atomic E-state index is 0.102. The van der Waals surface area contributed by atoms with Crippen molar-refractivity contribution in [3.63, 3.8) is 0 Å². The van der Waals surface area contributed by atoms with Crippen LogP contribution < -0.4 is 14.8 Å². The number of rotatable bonds is 3. The van der Waals surface area contributed by atoms with E-state index in [2.05, 4.69) is 21.2 Å². The Balaban J connectivity index is 1.90. The summed E-state index contributed by atoms with van der Waals surface area (Å²) in [6, 6.07) is 10.5. The molecule has 2 aromatic carbocycles. The van der Waals surface area contributed by atoms with Gasteiger partial charge in [0.1, 0.15) is 17.3 Å². The van der Waals surface area contributed by atoms with E-state index >= 15 is 0 Å². The van der Waals surface area contributed by atoms with E-state index in [1.807, 2.05) is 18.2 Å². The highest BCUT2D eigenvalue weighted by Crippen LogP contribution is 2.38. The topological polar surface area (TPSA) is 30.5 Å². The van der Waals surface area contributed by atoms with Crippen LogP contribution in [0.25, 0.3) is 0 Å². The zero-order valence-electron chi connectivity index (χ0n) is 11.5. The van der Waals surface area contributed by atoms with Crippen LogP contribution in [0, 0.1) is 5.82 Å². The van der Waals surface area contributed by atoms with Gasteiger partial charge in [-0.15, -0.1) is 0 Å². The molecule has 1 aliphatic heterocycles. The highest BCUT2D eigenvalue weighted by molar-refractivity contribution is 9.10. The molecule has 0 bridgehead atoms. The van der Waals surface area contributed by atoms with Crippen molar-refractivity contribution in [1.82, 2.24) is 0 Å². The van der Waals surface area contributed by atoms with Crippen LogP contribution in [-0.4, -0.2) is 13.7 Å². The number of ether oxygens (including phenoxy) is 2. The van der Waals surface area contributed by atoms with Crippen LogP contribution in [0.15, 0.2) is 40.9 Å². The molecule has 3 nitrogen and oxygen atoms in total. The van der Waals surface area contributed by atoms with Crippen molar-refractivity contribution < 1.29 is 13.9 Å². The van der Waals surface area contributed by atoms with Gasteiger partial charge in [0.15, 0.2) is 0 Å². The van der Waals surface area contributed by atoms with Crippen molar-refractivity contribution in [2.24, 2.45) is 0 Å². The monoisotopic (exact) mass is 351 g/mol. The molecule has 0 radical (unpaired) electrons. The zero-order chi connectivity index (χ0) is 14.8. The number of halogens is 2. The molecule has 0 saturated carbocycles. The fourth-order valence-corrected chi connectivity index (χ4v) is 2.91. The highest BCUT2D eigenvalue weighted by Gasteiger charge is 2.22. The quantitative estimate of drug-likeness (QED) is 0.880. The van der Waals surface area contributed by atoms with Crippen molar-refractivity contribution in [3.8, 4) is 11.5 Å². The van der Waals surface area contributed by atoms with Crippen molar-refractivity contribution >= 4 is 21.6 Å². The van der Waals surface area contributed by atoms with Gasteiger partial charge >= 0.3 is 0 Å². The molecule has 0 fully saturated rings. The molecular weight excluding hydrogens is 337 g/mol. The summed E-state index contributed by atoms with van der Waals surface area (Å²) in [4.78, 5) is 0. The van der Waals surface area contributed by atoms with Crippen molar-refractivity contribution in [1.29, 1.82) is 0 Å².